The van der Waals surface area contributed by atoms with E-state index >= 15 is 0 Å². The van der Waals surface area contributed by atoms with Crippen LogP contribution in [0.4, 0.5) is 0 Å². The summed E-state index contributed by atoms with van der Waals surface area (Å²) in [6.45, 7) is 7.64. The molecule has 2 N–H and O–H groups in total. The average molecular weight is 381 g/mol. The van der Waals surface area contributed by atoms with Crippen molar-refractivity contribution in [1.82, 2.24) is 14.9 Å². The molecule has 146 valence electrons. The lowest BCUT2D eigenvalue weighted by atomic mass is 9.99. The molecule has 26 heavy (non-hydrogen) atoms. The highest BCUT2D eigenvalue weighted by Gasteiger charge is 2.24. The Labute approximate surface area is 158 Å². The van der Waals surface area contributed by atoms with Crippen LogP contribution in [-0.4, -0.2) is 57.8 Å². The zero-order valence-corrected chi connectivity index (χ0v) is 16.8. The van der Waals surface area contributed by atoms with Crippen molar-refractivity contribution in [2.45, 2.75) is 33.1 Å². The van der Waals surface area contributed by atoms with Gasteiger partial charge in [0.25, 0.3) is 0 Å². The van der Waals surface area contributed by atoms with Crippen LogP contribution in [0.3, 0.4) is 0 Å². The van der Waals surface area contributed by atoms with Gasteiger partial charge in [-0.15, -0.1) is 0 Å². The molecule has 1 saturated heterocycles. The zero-order chi connectivity index (χ0) is 18.8. The van der Waals surface area contributed by atoms with E-state index in [1.165, 1.54) is 12.0 Å². The van der Waals surface area contributed by atoms with Gasteiger partial charge < -0.3 is 10.2 Å². The normalized spacial score (nSPS) is 18.3. The minimum atomic E-state index is -3.11. The Kier molecular flexibility index (Phi) is 8.38. The first-order valence-corrected chi connectivity index (χ1v) is 11.2. The monoisotopic (exact) mass is 380 g/mol. The number of hydrogen-bond donors (Lipinski definition) is 2. The third-order valence-electron chi connectivity index (χ3n) is 4.59. The van der Waals surface area contributed by atoms with E-state index in [1.807, 2.05) is 0 Å². The second-order valence-electron chi connectivity index (χ2n) is 6.68. The molecule has 1 unspecified atom stereocenters. The summed E-state index contributed by atoms with van der Waals surface area (Å²) < 4.78 is 25.4. The van der Waals surface area contributed by atoms with E-state index in [9.17, 15) is 8.42 Å². The number of guanidine groups is 1. The third-order valence-corrected chi connectivity index (χ3v) is 5.99. The predicted octanol–water partition coefficient (Wildman–Crippen LogP) is 1.85. The van der Waals surface area contributed by atoms with Crippen molar-refractivity contribution in [2.75, 3.05) is 38.5 Å². The smallest absolute Gasteiger partial charge is 0.211 e. The van der Waals surface area contributed by atoms with Crippen molar-refractivity contribution < 1.29 is 8.42 Å². The molecule has 1 aromatic rings. The lowest BCUT2D eigenvalue weighted by molar-refractivity contribution is 0.459. The Morgan fingerprint density at radius 1 is 1.27 bits per heavy atom. The van der Waals surface area contributed by atoms with Crippen LogP contribution in [0.5, 0.6) is 0 Å². The minimum Gasteiger partial charge on any atom is -0.357 e. The van der Waals surface area contributed by atoms with E-state index in [-0.39, 0.29) is 5.75 Å². The third kappa shape index (κ3) is 6.96. The number of benzene rings is 1. The Morgan fingerprint density at radius 3 is 2.73 bits per heavy atom. The van der Waals surface area contributed by atoms with Gasteiger partial charge in [0.2, 0.25) is 10.0 Å². The van der Waals surface area contributed by atoms with Crippen LogP contribution >= 0.6 is 0 Å². The first-order valence-electron chi connectivity index (χ1n) is 9.58. The van der Waals surface area contributed by atoms with Crippen molar-refractivity contribution >= 4 is 16.0 Å². The van der Waals surface area contributed by atoms with Gasteiger partial charge in [-0.25, -0.2) is 13.1 Å². The van der Waals surface area contributed by atoms with E-state index in [1.54, 1.807) is 6.92 Å². The summed E-state index contributed by atoms with van der Waals surface area (Å²) in [6, 6.07) is 10.6. The number of likely N-dealkylation sites (tertiary alicyclic amines) is 1. The second-order valence-corrected chi connectivity index (χ2v) is 8.77. The van der Waals surface area contributed by atoms with Crippen LogP contribution in [0.2, 0.25) is 0 Å². The molecule has 0 bridgehead atoms. The summed E-state index contributed by atoms with van der Waals surface area (Å²) in [5.74, 6) is 1.72. The van der Waals surface area contributed by atoms with E-state index in [2.05, 4.69) is 57.2 Å². The Bertz CT molecular complexity index is 661. The van der Waals surface area contributed by atoms with Gasteiger partial charge in [0.1, 0.15) is 0 Å². The SMILES string of the molecule is CCNC(=NCCCNS(=O)(=O)CC)N1CCC(Cc2ccccc2)C1. The van der Waals surface area contributed by atoms with Gasteiger partial charge in [-0.1, -0.05) is 30.3 Å². The van der Waals surface area contributed by atoms with Crippen molar-refractivity contribution in [1.29, 1.82) is 0 Å². The molecule has 1 heterocycles. The van der Waals surface area contributed by atoms with Gasteiger partial charge in [0.15, 0.2) is 5.96 Å². The molecular weight excluding hydrogens is 348 g/mol. The molecule has 0 saturated carbocycles. The van der Waals surface area contributed by atoms with E-state index in [0.717, 1.165) is 32.0 Å². The number of hydrogen-bond acceptors (Lipinski definition) is 3. The van der Waals surface area contributed by atoms with Crippen molar-refractivity contribution in [2.24, 2.45) is 10.9 Å². The lowest BCUT2D eigenvalue weighted by Gasteiger charge is -2.21. The number of aliphatic imine (C=N–C) groups is 1. The second kappa shape index (κ2) is 10.5. The van der Waals surface area contributed by atoms with Crippen molar-refractivity contribution in [3.63, 3.8) is 0 Å². The van der Waals surface area contributed by atoms with Crippen molar-refractivity contribution in [3.05, 3.63) is 35.9 Å². The molecule has 1 aromatic carbocycles. The summed E-state index contributed by atoms with van der Waals surface area (Å²) in [5, 5.41) is 3.36. The maximum absolute atomic E-state index is 11.4. The summed E-state index contributed by atoms with van der Waals surface area (Å²) >= 11 is 0. The summed E-state index contributed by atoms with van der Waals surface area (Å²) in [5.41, 5.74) is 1.39. The Balaban J connectivity index is 1.81. The summed E-state index contributed by atoms with van der Waals surface area (Å²) in [4.78, 5) is 7.01. The number of nitrogens with one attached hydrogen (secondary N) is 2. The standard InChI is InChI=1S/C19H32N4O2S/c1-3-20-19(21-12-8-13-22-26(24,25)4-2)23-14-11-18(16-23)15-17-9-6-5-7-10-17/h5-7,9-10,18,22H,3-4,8,11-16H2,1-2H3,(H,20,21). The molecule has 7 heteroatoms. The number of nitrogens with zero attached hydrogens (tertiary/aromatic N) is 2. The quantitative estimate of drug-likeness (QED) is 0.389. The highest BCUT2D eigenvalue weighted by Crippen LogP contribution is 2.20. The van der Waals surface area contributed by atoms with Gasteiger partial charge in [0, 0.05) is 32.7 Å². The molecular formula is C19H32N4O2S. The Morgan fingerprint density at radius 2 is 2.04 bits per heavy atom. The molecule has 1 aliphatic rings. The first kappa shape index (κ1) is 20.7. The van der Waals surface area contributed by atoms with Gasteiger partial charge >= 0.3 is 0 Å². The number of rotatable bonds is 9. The molecule has 0 spiro atoms. The molecule has 0 aromatic heterocycles. The highest BCUT2D eigenvalue weighted by atomic mass is 32.2. The molecule has 0 radical (unpaired) electrons. The van der Waals surface area contributed by atoms with Crippen molar-refractivity contribution in [3.8, 4) is 0 Å². The topological polar surface area (TPSA) is 73.8 Å². The van der Waals surface area contributed by atoms with E-state index < -0.39 is 10.0 Å². The maximum Gasteiger partial charge on any atom is 0.211 e. The largest absolute Gasteiger partial charge is 0.357 e. The van der Waals surface area contributed by atoms with Crippen LogP contribution in [-0.2, 0) is 16.4 Å². The van der Waals surface area contributed by atoms with Gasteiger partial charge in [-0.3, -0.25) is 4.99 Å². The molecule has 1 atom stereocenters. The minimum absolute atomic E-state index is 0.121. The fourth-order valence-electron chi connectivity index (χ4n) is 3.16. The zero-order valence-electron chi connectivity index (χ0n) is 15.9. The summed E-state index contributed by atoms with van der Waals surface area (Å²) in [6.07, 6.45) is 2.99. The molecule has 0 aliphatic carbocycles. The molecule has 6 nitrogen and oxygen atoms in total. The van der Waals surface area contributed by atoms with Crippen LogP contribution in [0.25, 0.3) is 0 Å². The average Bonchev–Trinajstić information content (AvgIpc) is 3.09. The molecule has 1 fully saturated rings. The first-order chi connectivity index (χ1) is 12.5. The molecule has 0 amide bonds. The van der Waals surface area contributed by atoms with Crippen LogP contribution in [0.15, 0.2) is 35.3 Å². The number of sulfonamides is 1. The molecule has 1 aliphatic heterocycles. The fraction of sp³-hybridized carbons (Fsp3) is 0.632. The predicted molar refractivity (Wildman–Crippen MR) is 108 cm³/mol. The van der Waals surface area contributed by atoms with Crippen LogP contribution < -0.4 is 10.0 Å². The van der Waals surface area contributed by atoms with Crippen LogP contribution in [0, 0.1) is 5.92 Å². The molecule has 2 rings (SSSR count). The van der Waals surface area contributed by atoms with Gasteiger partial charge in [-0.05, 0) is 44.6 Å². The maximum atomic E-state index is 11.4. The Hall–Kier alpha value is -1.60. The van der Waals surface area contributed by atoms with Crippen LogP contribution in [0.1, 0.15) is 32.3 Å². The van der Waals surface area contributed by atoms with E-state index in [0.29, 0.717) is 25.4 Å². The van der Waals surface area contributed by atoms with E-state index in [4.69, 9.17) is 0 Å². The highest BCUT2D eigenvalue weighted by molar-refractivity contribution is 7.89. The lowest BCUT2D eigenvalue weighted by Crippen LogP contribution is -2.40. The van der Waals surface area contributed by atoms with Gasteiger partial charge in [0.05, 0.1) is 5.75 Å². The fourth-order valence-corrected chi connectivity index (χ4v) is 3.82. The van der Waals surface area contributed by atoms with Gasteiger partial charge in [-0.2, -0.15) is 0 Å². The summed E-state index contributed by atoms with van der Waals surface area (Å²) in [7, 11) is -3.11.